The average molecular weight is 513 g/mol. The number of carbonyl (C=O) groups is 1. The Balaban J connectivity index is 1.60. The second-order valence-electron chi connectivity index (χ2n) is 9.35. The summed E-state index contributed by atoms with van der Waals surface area (Å²) >= 11 is 6.09. The molecule has 1 aliphatic rings. The van der Waals surface area contributed by atoms with E-state index in [1.807, 2.05) is 86.6 Å². The van der Waals surface area contributed by atoms with Crippen molar-refractivity contribution in [3.05, 3.63) is 118 Å². The van der Waals surface area contributed by atoms with E-state index in [4.69, 9.17) is 11.6 Å². The highest BCUT2D eigenvalue weighted by molar-refractivity contribution is 6.30. The number of nitrogens with one attached hydrogen (secondary N) is 1. The molecule has 0 radical (unpaired) electrons. The lowest BCUT2D eigenvalue weighted by atomic mass is 9.87. The lowest BCUT2D eigenvalue weighted by Crippen LogP contribution is -2.41. The molecule has 0 aliphatic carbocycles. The molecule has 0 aromatic heterocycles. The van der Waals surface area contributed by atoms with Crippen molar-refractivity contribution in [1.82, 2.24) is 0 Å². The maximum Gasteiger partial charge on any atom is 0.260 e. The Bertz CT molecular complexity index is 1500. The number of halogens is 1. The van der Waals surface area contributed by atoms with Crippen LogP contribution in [0.25, 0.3) is 10.8 Å². The first-order chi connectivity index (χ1) is 17.9. The monoisotopic (exact) mass is 512 g/mol. The zero-order chi connectivity index (χ0) is 26.1. The molecule has 0 spiro atoms. The number of carbonyl (C=O) groups excluding carboxylic acids is 1. The van der Waals surface area contributed by atoms with E-state index < -0.39 is 18.1 Å². The van der Waals surface area contributed by atoms with Crippen LogP contribution in [0.2, 0.25) is 5.02 Å². The highest BCUT2D eigenvalue weighted by Gasteiger charge is 2.39. The van der Waals surface area contributed by atoms with Gasteiger partial charge in [0.25, 0.3) is 5.91 Å². The van der Waals surface area contributed by atoms with Crippen LogP contribution in [0.4, 0.5) is 11.4 Å². The van der Waals surface area contributed by atoms with Crippen molar-refractivity contribution in [3.8, 4) is 0 Å². The number of likely N-dealkylation sites (N-methyl/N-ethyl adjacent to an activating group) is 1. The van der Waals surface area contributed by atoms with Crippen LogP contribution >= 0.6 is 11.6 Å². The minimum absolute atomic E-state index is 0.00379. The summed E-state index contributed by atoms with van der Waals surface area (Å²) in [6.07, 6.45) is -0.857. The Morgan fingerprint density at radius 1 is 1.00 bits per heavy atom. The largest absolute Gasteiger partial charge is 0.509 e. The van der Waals surface area contributed by atoms with Crippen molar-refractivity contribution in [2.24, 2.45) is 0 Å². The molecule has 4 aromatic rings. The first kappa shape index (κ1) is 24.9. The van der Waals surface area contributed by atoms with Gasteiger partial charge in [-0.2, -0.15) is 0 Å². The quantitative estimate of drug-likeness (QED) is 0.198. The average Bonchev–Trinajstić information content (AvgIpc) is 2.89. The van der Waals surface area contributed by atoms with Crippen molar-refractivity contribution >= 4 is 39.7 Å². The Labute approximate surface area is 221 Å². The molecule has 4 aromatic carbocycles. The standard InChI is InChI=1S/C31H29ClN2O3/c1-3-34-26-10-6-7-19(2)27(26)30(36)28(31(34)37)29(35)25(17-20-11-14-23(32)15-12-20)33-24-16-13-21-8-4-5-9-22(21)18-24/h4-16,18,25,30,33,35-36H,3,17H2,1-2H3. The predicted molar refractivity (Wildman–Crippen MR) is 150 cm³/mol. The fourth-order valence-electron chi connectivity index (χ4n) is 5.08. The highest BCUT2D eigenvalue weighted by Crippen LogP contribution is 2.41. The second kappa shape index (κ2) is 10.3. The van der Waals surface area contributed by atoms with Crippen LogP contribution < -0.4 is 10.2 Å². The summed E-state index contributed by atoms with van der Waals surface area (Å²) in [6.45, 7) is 4.20. The van der Waals surface area contributed by atoms with Crippen LogP contribution in [0.1, 0.15) is 29.7 Å². The molecule has 1 amide bonds. The molecule has 1 heterocycles. The van der Waals surface area contributed by atoms with Gasteiger partial charge >= 0.3 is 0 Å². The predicted octanol–water partition coefficient (Wildman–Crippen LogP) is 6.74. The Morgan fingerprint density at radius 3 is 2.46 bits per heavy atom. The van der Waals surface area contributed by atoms with E-state index in [9.17, 15) is 15.0 Å². The molecule has 5 rings (SSSR count). The zero-order valence-electron chi connectivity index (χ0n) is 20.8. The Hall–Kier alpha value is -3.80. The van der Waals surface area contributed by atoms with Crippen LogP contribution in [0.5, 0.6) is 0 Å². The fourth-order valence-corrected chi connectivity index (χ4v) is 5.20. The van der Waals surface area contributed by atoms with Gasteiger partial charge in [0.1, 0.15) is 11.9 Å². The van der Waals surface area contributed by atoms with Gasteiger partial charge in [0, 0.05) is 22.8 Å². The second-order valence-corrected chi connectivity index (χ2v) is 9.78. The number of fused-ring (bicyclic) bond motifs is 2. The van der Waals surface area contributed by atoms with Gasteiger partial charge in [0.05, 0.1) is 17.3 Å². The maximum atomic E-state index is 13.6. The summed E-state index contributed by atoms with van der Waals surface area (Å²) in [7, 11) is 0. The molecular weight excluding hydrogens is 484 g/mol. The first-order valence-corrected chi connectivity index (χ1v) is 12.8. The third-order valence-electron chi connectivity index (χ3n) is 6.98. The highest BCUT2D eigenvalue weighted by atomic mass is 35.5. The lowest BCUT2D eigenvalue weighted by Gasteiger charge is -2.35. The summed E-state index contributed by atoms with van der Waals surface area (Å²) in [5.74, 6) is -0.569. The smallest absolute Gasteiger partial charge is 0.260 e. The Kier molecular flexibility index (Phi) is 6.92. The van der Waals surface area contributed by atoms with E-state index in [-0.39, 0.29) is 11.3 Å². The summed E-state index contributed by atoms with van der Waals surface area (Å²) in [5.41, 5.74) is 3.90. The number of nitrogens with zero attached hydrogens (tertiary/aromatic N) is 1. The van der Waals surface area contributed by atoms with Gasteiger partial charge in [-0.15, -0.1) is 0 Å². The van der Waals surface area contributed by atoms with E-state index in [1.54, 1.807) is 17.0 Å². The van der Waals surface area contributed by atoms with Crippen LogP contribution in [0.3, 0.4) is 0 Å². The third-order valence-corrected chi connectivity index (χ3v) is 7.23. The van der Waals surface area contributed by atoms with Gasteiger partial charge in [0.15, 0.2) is 0 Å². The van der Waals surface area contributed by atoms with Crippen LogP contribution in [-0.4, -0.2) is 28.7 Å². The zero-order valence-corrected chi connectivity index (χ0v) is 21.5. The van der Waals surface area contributed by atoms with Crippen molar-refractivity contribution in [1.29, 1.82) is 0 Å². The molecule has 0 saturated heterocycles. The minimum atomic E-state index is -1.24. The number of benzene rings is 4. The van der Waals surface area contributed by atoms with Gasteiger partial charge in [-0.25, -0.2) is 0 Å². The molecule has 6 heteroatoms. The maximum absolute atomic E-state index is 13.6. The lowest BCUT2D eigenvalue weighted by molar-refractivity contribution is -0.116. The van der Waals surface area contributed by atoms with Crippen LogP contribution in [-0.2, 0) is 11.2 Å². The van der Waals surface area contributed by atoms with E-state index in [2.05, 4.69) is 5.32 Å². The number of amides is 1. The normalized spacial score (nSPS) is 17.5. The number of hydrogen-bond acceptors (Lipinski definition) is 4. The van der Waals surface area contributed by atoms with Gasteiger partial charge in [-0.05, 0) is 72.5 Å². The van der Waals surface area contributed by atoms with E-state index in [0.717, 1.165) is 27.6 Å². The van der Waals surface area contributed by atoms with E-state index in [0.29, 0.717) is 29.2 Å². The number of aliphatic hydroxyl groups excluding tert-OH is 2. The van der Waals surface area contributed by atoms with E-state index >= 15 is 0 Å². The van der Waals surface area contributed by atoms with Crippen LogP contribution in [0, 0.1) is 6.92 Å². The molecule has 188 valence electrons. The minimum Gasteiger partial charge on any atom is -0.509 e. The van der Waals surface area contributed by atoms with Gasteiger partial charge in [-0.1, -0.05) is 66.2 Å². The molecule has 2 atom stereocenters. The summed E-state index contributed by atoms with van der Waals surface area (Å²) < 4.78 is 0. The number of rotatable bonds is 6. The van der Waals surface area contributed by atoms with Crippen molar-refractivity contribution in [2.75, 3.05) is 16.8 Å². The number of hydrogen-bond donors (Lipinski definition) is 3. The van der Waals surface area contributed by atoms with Gasteiger partial charge in [0.2, 0.25) is 0 Å². The number of anilines is 2. The third kappa shape index (κ3) is 4.80. The molecule has 37 heavy (non-hydrogen) atoms. The van der Waals surface area contributed by atoms with Gasteiger partial charge < -0.3 is 20.4 Å². The molecular formula is C31H29ClN2O3. The molecule has 5 nitrogen and oxygen atoms in total. The summed E-state index contributed by atoms with van der Waals surface area (Å²) in [5, 5.41) is 29.3. The summed E-state index contributed by atoms with van der Waals surface area (Å²) in [4.78, 5) is 15.2. The van der Waals surface area contributed by atoms with Crippen LogP contribution in [0.15, 0.2) is 96.3 Å². The summed E-state index contributed by atoms with van der Waals surface area (Å²) in [6, 6.07) is 26.3. The molecule has 1 aliphatic heterocycles. The molecule has 2 unspecified atom stereocenters. The Morgan fingerprint density at radius 2 is 1.73 bits per heavy atom. The molecule has 0 bridgehead atoms. The van der Waals surface area contributed by atoms with Gasteiger partial charge in [-0.3, -0.25) is 4.79 Å². The SMILES string of the molecule is CCN1C(=O)C(=C(O)C(Cc2ccc(Cl)cc2)Nc2ccc3ccccc3c2)C(O)c2c(C)cccc21. The fraction of sp³-hybridized carbons (Fsp3) is 0.194. The molecule has 3 N–H and O–H groups in total. The van der Waals surface area contributed by atoms with E-state index in [1.165, 1.54) is 0 Å². The number of aliphatic hydroxyl groups is 2. The van der Waals surface area contributed by atoms with Crippen molar-refractivity contribution in [2.45, 2.75) is 32.4 Å². The topological polar surface area (TPSA) is 72.8 Å². The number of aryl methyl sites for hydroxylation is 1. The first-order valence-electron chi connectivity index (χ1n) is 12.4. The van der Waals surface area contributed by atoms with Crippen molar-refractivity contribution in [3.63, 3.8) is 0 Å². The molecule has 0 fully saturated rings. The van der Waals surface area contributed by atoms with Crippen molar-refractivity contribution < 1.29 is 15.0 Å². The molecule has 0 saturated carbocycles.